The van der Waals surface area contributed by atoms with E-state index in [9.17, 15) is 9.70 Å². The molecule has 0 aromatic carbocycles. The molecule has 1 amide bonds. The molecule has 5 nitrogen and oxygen atoms in total. The molecule has 0 aliphatic rings. The van der Waals surface area contributed by atoms with Crippen molar-refractivity contribution in [2.24, 2.45) is 5.18 Å². The first-order valence-electron chi connectivity index (χ1n) is 5.74. The standard InChI is InChI=1S/C8H9N3O2.2C2H6/c1-6-2-3-7(4-9-6)11-8(12)5-10-13;2*1-2/h2-4H,5H2,1H3,(H,11,12);2*1-2H3. The zero-order valence-corrected chi connectivity index (χ0v) is 11.2. The van der Waals surface area contributed by atoms with Crippen molar-refractivity contribution in [3.63, 3.8) is 0 Å². The Balaban J connectivity index is 0. The van der Waals surface area contributed by atoms with Gasteiger partial charge in [0.2, 0.25) is 5.91 Å². The molecule has 0 spiro atoms. The van der Waals surface area contributed by atoms with Gasteiger partial charge in [-0.15, -0.1) is 0 Å². The Kier molecular flexibility index (Phi) is 12.7. The average Bonchev–Trinajstić information content (AvgIpc) is 2.37. The highest BCUT2D eigenvalue weighted by Crippen LogP contribution is 2.04. The minimum atomic E-state index is -0.430. The molecule has 1 N–H and O–H groups in total. The van der Waals surface area contributed by atoms with E-state index in [-0.39, 0.29) is 6.54 Å². The Morgan fingerprint density at radius 2 is 1.88 bits per heavy atom. The van der Waals surface area contributed by atoms with Crippen LogP contribution in [0.4, 0.5) is 5.69 Å². The maximum atomic E-state index is 10.9. The van der Waals surface area contributed by atoms with E-state index >= 15 is 0 Å². The summed E-state index contributed by atoms with van der Waals surface area (Å²) in [6.07, 6.45) is 1.53. The molecule has 0 unspecified atom stereocenters. The van der Waals surface area contributed by atoms with Crippen LogP contribution in [0, 0.1) is 11.8 Å². The molecule has 0 aliphatic carbocycles. The number of nitroso groups, excluding NO2 is 1. The molecule has 0 aliphatic heterocycles. The molecule has 0 atom stereocenters. The lowest BCUT2D eigenvalue weighted by molar-refractivity contribution is -0.114. The molecule has 17 heavy (non-hydrogen) atoms. The zero-order valence-electron chi connectivity index (χ0n) is 11.2. The molecule has 1 rings (SSSR count). The quantitative estimate of drug-likeness (QED) is 0.823. The van der Waals surface area contributed by atoms with Crippen molar-refractivity contribution in [3.05, 3.63) is 28.9 Å². The largest absolute Gasteiger partial charge is 0.323 e. The van der Waals surface area contributed by atoms with E-state index in [1.165, 1.54) is 6.20 Å². The van der Waals surface area contributed by atoms with Crippen LogP contribution < -0.4 is 5.32 Å². The van der Waals surface area contributed by atoms with E-state index in [2.05, 4.69) is 15.5 Å². The molecule has 0 saturated carbocycles. The second-order valence-corrected chi connectivity index (χ2v) is 2.52. The molecule has 5 heteroatoms. The summed E-state index contributed by atoms with van der Waals surface area (Å²) in [6, 6.07) is 3.48. The summed E-state index contributed by atoms with van der Waals surface area (Å²) in [5.41, 5.74) is 1.44. The number of hydrogen-bond acceptors (Lipinski definition) is 4. The predicted molar refractivity (Wildman–Crippen MR) is 71.0 cm³/mol. The second kappa shape index (κ2) is 12.3. The molecule has 1 aromatic heterocycles. The first kappa shape index (κ1) is 17.6. The number of nitrogens with one attached hydrogen (secondary N) is 1. The van der Waals surface area contributed by atoms with Crippen molar-refractivity contribution in [1.29, 1.82) is 0 Å². The van der Waals surface area contributed by atoms with Gasteiger partial charge in [-0.3, -0.25) is 9.78 Å². The van der Waals surface area contributed by atoms with Gasteiger partial charge in [-0.25, -0.2) is 0 Å². The van der Waals surface area contributed by atoms with Crippen molar-refractivity contribution < 1.29 is 4.79 Å². The molecule has 0 saturated heterocycles. The fourth-order valence-electron chi connectivity index (χ4n) is 0.801. The summed E-state index contributed by atoms with van der Waals surface area (Å²) >= 11 is 0. The van der Waals surface area contributed by atoms with Crippen LogP contribution in [0.25, 0.3) is 0 Å². The number of carbonyl (C=O) groups excluding carboxylic acids is 1. The van der Waals surface area contributed by atoms with Crippen molar-refractivity contribution in [1.82, 2.24) is 4.98 Å². The third kappa shape index (κ3) is 9.17. The van der Waals surface area contributed by atoms with Gasteiger partial charge in [0.25, 0.3) is 0 Å². The number of aromatic nitrogens is 1. The topological polar surface area (TPSA) is 71.4 Å². The van der Waals surface area contributed by atoms with E-state index in [0.717, 1.165) is 5.69 Å². The third-order valence-electron chi connectivity index (χ3n) is 1.40. The van der Waals surface area contributed by atoms with Gasteiger partial charge in [-0.1, -0.05) is 32.9 Å². The van der Waals surface area contributed by atoms with Crippen LogP contribution in [0.5, 0.6) is 0 Å². The Labute approximate surface area is 103 Å². The molecule has 1 aromatic rings. The highest BCUT2D eigenvalue weighted by molar-refractivity contribution is 5.92. The number of hydrogen-bond donors (Lipinski definition) is 1. The van der Waals surface area contributed by atoms with Crippen LogP contribution >= 0.6 is 0 Å². The van der Waals surface area contributed by atoms with E-state index in [4.69, 9.17) is 0 Å². The predicted octanol–water partition coefficient (Wildman–Crippen LogP) is 3.15. The molecular weight excluding hydrogens is 218 g/mol. The monoisotopic (exact) mass is 239 g/mol. The fraction of sp³-hybridized carbons (Fsp3) is 0.500. The Bertz CT molecular complexity index is 310. The van der Waals surface area contributed by atoms with E-state index in [1.807, 2.05) is 34.6 Å². The number of rotatable bonds is 3. The van der Waals surface area contributed by atoms with E-state index in [0.29, 0.717) is 5.69 Å². The zero-order chi connectivity index (χ0) is 13.7. The normalized spacial score (nSPS) is 7.82. The molecule has 96 valence electrons. The molecule has 0 radical (unpaired) electrons. The number of aryl methyl sites for hydroxylation is 1. The summed E-state index contributed by atoms with van der Waals surface area (Å²) < 4.78 is 0. The van der Waals surface area contributed by atoms with Crippen LogP contribution in [0.2, 0.25) is 0 Å². The van der Waals surface area contributed by atoms with Crippen molar-refractivity contribution >= 4 is 11.6 Å². The van der Waals surface area contributed by atoms with Crippen molar-refractivity contribution in [3.8, 4) is 0 Å². The van der Waals surface area contributed by atoms with Crippen LogP contribution in [0.3, 0.4) is 0 Å². The van der Waals surface area contributed by atoms with Crippen molar-refractivity contribution in [2.45, 2.75) is 34.6 Å². The first-order chi connectivity index (χ1) is 8.22. The average molecular weight is 239 g/mol. The summed E-state index contributed by atoms with van der Waals surface area (Å²) in [5, 5.41) is 4.94. The van der Waals surface area contributed by atoms with Gasteiger partial charge in [0.05, 0.1) is 11.9 Å². The lowest BCUT2D eigenvalue weighted by Crippen LogP contribution is -2.14. The summed E-state index contributed by atoms with van der Waals surface area (Å²) in [5.74, 6) is -0.430. The second-order valence-electron chi connectivity index (χ2n) is 2.52. The minimum absolute atomic E-state index is 0.367. The van der Waals surface area contributed by atoms with Gasteiger partial charge in [-0.05, 0) is 19.1 Å². The highest BCUT2D eigenvalue weighted by Gasteiger charge is 2.00. The van der Waals surface area contributed by atoms with Gasteiger partial charge in [0.1, 0.15) is 0 Å². The van der Waals surface area contributed by atoms with Crippen molar-refractivity contribution in [2.75, 3.05) is 11.9 Å². The van der Waals surface area contributed by atoms with Crippen LogP contribution in [0.15, 0.2) is 23.5 Å². The lowest BCUT2D eigenvalue weighted by Gasteiger charge is -2.01. The number of pyridine rings is 1. The van der Waals surface area contributed by atoms with Crippen LogP contribution in [-0.2, 0) is 4.79 Å². The SMILES string of the molecule is CC.CC.Cc1ccc(NC(=O)CN=O)cn1. The number of carbonyl (C=O) groups is 1. The van der Waals surface area contributed by atoms with Gasteiger partial charge in [0.15, 0.2) is 6.54 Å². The maximum absolute atomic E-state index is 10.9. The Morgan fingerprint density at radius 1 is 1.29 bits per heavy atom. The summed E-state index contributed by atoms with van der Waals surface area (Å²) in [6.45, 7) is 9.48. The van der Waals surface area contributed by atoms with E-state index in [1.54, 1.807) is 12.1 Å². The maximum Gasteiger partial charge on any atom is 0.249 e. The number of anilines is 1. The summed E-state index contributed by atoms with van der Waals surface area (Å²) in [7, 11) is 0. The van der Waals surface area contributed by atoms with Gasteiger partial charge < -0.3 is 5.32 Å². The number of amides is 1. The molecule has 1 heterocycles. The first-order valence-corrected chi connectivity index (χ1v) is 5.74. The molecular formula is C12H21N3O2. The van der Waals surface area contributed by atoms with Gasteiger partial charge in [-0.2, -0.15) is 4.91 Å². The third-order valence-corrected chi connectivity index (χ3v) is 1.40. The molecule has 0 fully saturated rings. The highest BCUT2D eigenvalue weighted by atomic mass is 16.3. The molecule has 0 bridgehead atoms. The van der Waals surface area contributed by atoms with Gasteiger partial charge in [0, 0.05) is 5.69 Å². The van der Waals surface area contributed by atoms with Gasteiger partial charge >= 0.3 is 0 Å². The Morgan fingerprint density at radius 3 is 2.29 bits per heavy atom. The van der Waals surface area contributed by atoms with Crippen LogP contribution in [-0.4, -0.2) is 17.4 Å². The number of nitrogens with zero attached hydrogens (tertiary/aromatic N) is 2. The smallest absolute Gasteiger partial charge is 0.249 e. The fourth-order valence-corrected chi connectivity index (χ4v) is 0.801. The van der Waals surface area contributed by atoms with E-state index < -0.39 is 5.91 Å². The Hall–Kier alpha value is -1.78. The van der Waals surface area contributed by atoms with Crippen LogP contribution in [0.1, 0.15) is 33.4 Å². The lowest BCUT2D eigenvalue weighted by atomic mass is 10.3. The summed E-state index contributed by atoms with van der Waals surface area (Å²) in [4.78, 5) is 24.6. The minimum Gasteiger partial charge on any atom is -0.323 e.